The van der Waals surface area contributed by atoms with Gasteiger partial charge in [-0.05, 0) is 35.4 Å². The Morgan fingerprint density at radius 3 is 2.11 bits per heavy atom. The fourth-order valence-electron chi connectivity index (χ4n) is 1.65. The van der Waals surface area contributed by atoms with Crippen molar-refractivity contribution in [3.05, 3.63) is 56.5 Å². The van der Waals surface area contributed by atoms with E-state index in [0.29, 0.717) is 32.9 Å². The van der Waals surface area contributed by atoms with Crippen LogP contribution in [0.2, 0.25) is 15.1 Å². The molecule has 0 aliphatic rings. The quantitative estimate of drug-likeness (QED) is 0.808. The second-order valence-corrected chi connectivity index (χ2v) is 5.21. The zero-order chi connectivity index (χ0) is 13.3. The van der Waals surface area contributed by atoms with Gasteiger partial charge in [-0.25, -0.2) is 0 Å². The van der Waals surface area contributed by atoms with Crippen LogP contribution in [0.4, 0.5) is 11.4 Å². The molecule has 0 atom stereocenters. The molecule has 0 aromatic heterocycles. The summed E-state index contributed by atoms with van der Waals surface area (Å²) < 4.78 is 0. The molecule has 2 aromatic rings. The van der Waals surface area contributed by atoms with Crippen LogP contribution >= 0.6 is 34.8 Å². The lowest BCUT2D eigenvalue weighted by molar-refractivity contribution is 1.19. The summed E-state index contributed by atoms with van der Waals surface area (Å²) in [6.45, 7) is 0. The highest BCUT2D eigenvalue weighted by Crippen LogP contribution is 2.30. The van der Waals surface area contributed by atoms with Crippen LogP contribution < -0.4 is 11.5 Å². The normalized spacial score (nSPS) is 10.6. The molecular formula is C13H11Cl3N2. The summed E-state index contributed by atoms with van der Waals surface area (Å²) in [5, 5.41) is 1.67. The van der Waals surface area contributed by atoms with E-state index < -0.39 is 0 Å². The molecule has 2 rings (SSSR count). The minimum Gasteiger partial charge on any atom is -0.399 e. The van der Waals surface area contributed by atoms with Crippen LogP contribution in [-0.2, 0) is 6.42 Å². The predicted molar refractivity (Wildman–Crippen MR) is 79.5 cm³/mol. The van der Waals surface area contributed by atoms with E-state index in [2.05, 4.69) is 0 Å². The van der Waals surface area contributed by atoms with Crippen molar-refractivity contribution in [1.29, 1.82) is 0 Å². The molecule has 0 heterocycles. The van der Waals surface area contributed by atoms with Crippen molar-refractivity contribution >= 4 is 46.2 Å². The molecule has 94 valence electrons. The zero-order valence-electron chi connectivity index (χ0n) is 9.38. The van der Waals surface area contributed by atoms with Crippen molar-refractivity contribution in [3.63, 3.8) is 0 Å². The van der Waals surface area contributed by atoms with Gasteiger partial charge in [-0.1, -0.05) is 40.9 Å². The minimum atomic E-state index is 0.466. The Balaban J connectivity index is 2.37. The van der Waals surface area contributed by atoms with Gasteiger partial charge < -0.3 is 11.5 Å². The fraction of sp³-hybridized carbons (Fsp3) is 0.0769. The van der Waals surface area contributed by atoms with Gasteiger partial charge in [-0.15, -0.1) is 0 Å². The Morgan fingerprint density at radius 2 is 1.44 bits per heavy atom. The lowest BCUT2D eigenvalue weighted by Crippen LogP contribution is -1.95. The second kappa shape index (κ2) is 5.27. The first-order chi connectivity index (χ1) is 8.47. The number of hydrogen-bond acceptors (Lipinski definition) is 2. The Kier molecular flexibility index (Phi) is 3.91. The van der Waals surface area contributed by atoms with Crippen molar-refractivity contribution in [1.82, 2.24) is 0 Å². The van der Waals surface area contributed by atoms with Crippen LogP contribution in [0.15, 0.2) is 30.3 Å². The molecule has 0 aliphatic heterocycles. The van der Waals surface area contributed by atoms with E-state index >= 15 is 0 Å². The molecule has 0 saturated carbocycles. The first-order valence-electron chi connectivity index (χ1n) is 5.24. The third-order valence-corrected chi connectivity index (χ3v) is 3.65. The smallest absolute Gasteiger partial charge is 0.0639 e. The molecule has 0 amide bonds. The number of rotatable bonds is 2. The standard InChI is InChI=1S/C13H11Cl3N2/c14-10-5-9(17)2-1-7(10)3-8-4-12(16)13(18)6-11(8)15/h1-2,4-6H,3,17-18H2. The van der Waals surface area contributed by atoms with Gasteiger partial charge in [0, 0.05) is 22.2 Å². The SMILES string of the molecule is Nc1ccc(Cc2cc(Cl)c(N)cc2Cl)c(Cl)c1. The third-order valence-electron chi connectivity index (χ3n) is 2.62. The monoisotopic (exact) mass is 300 g/mol. The van der Waals surface area contributed by atoms with Gasteiger partial charge in [-0.2, -0.15) is 0 Å². The van der Waals surface area contributed by atoms with Gasteiger partial charge >= 0.3 is 0 Å². The molecule has 0 spiro atoms. The van der Waals surface area contributed by atoms with Gasteiger partial charge in [0.2, 0.25) is 0 Å². The Labute approximate surface area is 120 Å². The van der Waals surface area contributed by atoms with Gasteiger partial charge in [0.1, 0.15) is 0 Å². The van der Waals surface area contributed by atoms with Gasteiger partial charge in [0.05, 0.1) is 10.7 Å². The summed E-state index contributed by atoms with van der Waals surface area (Å²) in [5.41, 5.74) is 14.2. The number of halogens is 3. The average molecular weight is 302 g/mol. The molecule has 2 nitrogen and oxygen atoms in total. The van der Waals surface area contributed by atoms with Crippen LogP contribution in [0.5, 0.6) is 0 Å². The Morgan fingerprint density at radius 1 is 0.778 bits per heavy atom. The topological polar surface area (TPSA) is 52.0 Å². The number of anilines is 2. The summed E-state index contributed by atoms with van der Waals surface area (Å²) in [7, 11) is 0. The van der Waals surface area contributed by atoms with Crippen LogP contribution in [0.25, 0.3) is 0 Å². The maximum atomic E-state index is 6.13. The van der Waals surface area contributed by atoms with Crippen molar-refractivity contribution in [2.75, 3.05) is 11.5 Å². The van der Waals surface area contributed by atoms with Crippen molar-refractivity contribution in [3.8, 4) is 0 Å². The van der Waals surface area contributed by atoms with Gasteiger partial charge in [0.25, 0.3) is 0 Å². The Bertz CT molecular complexity index is 597. The van der Waals surface area contributed by atoms with Crippen LogP contribution in [0.1, 0.15) is 11.1 Å². The minimum absolute atomic E-state index is 0.466. The van der Waals surface area contributed by atoms with Gasteiger partial charge in [-0.3, -0.25) is 0 Å². The van der Waals surface area contributed by atoms with E-state index in [1.807, 2.05) is 6.07 Å². The number of hydrogen-bond donors (Lipinski definition) is 2. The molecule has 0 saturated heterocycles. The fourth-order valence-corrected chi connectivity index (χ4v) is 2.33. The lowest BCUT2D eigenvalue weighted by atomic mass is 10.0. The van der Waals surface area contributed by atoms with Crippen LogP contribution in [0, 0.1) is 0 Å². The molecule has 5 heteroatoms. The van der Waals surface area contributed by atoms with E-state index in [1.165, 1.54) is 0 Å². The van der Waals surface area contributed by atoms with Crippen molar-refractivity contribution < 1.29 is 0 Å². The highest BCUT2D eigenvalue weighted by Gasteiger charge is 2.08. The zero-order valence-corrected chi connectivity index (χ0v) is 11.7. The number of nitrogens with two attached hydrogens (primary N) is 2. The average Bonchev–Trinajstić information content (AvgIpc) is 2.29. The lowest BCUT2D eigenvalue weighted by Gasteiger charge is -2.09. The molecule has 0 bridgehead atoms. The molecule has 0 radical (unpaired) electrons. The highest BCUT2D eigenvalue weighted by molar-refractivity contribution is 6.35. The van der Waals surface area contributed by atoms with E-state index in [4.69, 9.17) is 46.3 Å². The molecule has 4 N–H and O–H groups in total. The molecule has 0 unspecified atom stereocenters. The van der Waals surface area contributed by atoms with Gasteiger partial charge in [0.15, 0.2) is 0 Å². The summed E-state index contributed by atoms with van der Waals surface area (Å²) >= 11 is 18.2. The van der Waals surface area contributed by atoms with Crippen molar-refractivity contribution in [2.45, 2.75) is 6.42 Å². The molecule has 0 aliphatic carbocycles. The van der Waals surface area contributed by atoms with Crippen LogP contribution in [0.3, 0.4) is 0 Å². The maximum Gasteiger partial charge on any atom is 0.0639 e. The summed E-state index contributed by atoms with van der Waals surface area (Å²) in [6.07, 6.45) is 0.581. The van der Waals surface area contributed by atoms with E-state index in [0.717, 1.165) is 11.1 Å². The maximum absolute atomic E-state index is 6.13. The predicted octanol–water partition coefficient (Wildman–Crippen LogP) is 4.40. The largest absolute Gasteiger partial charge is 0.399 e. The third kappa shape index (κ3) is 2.83. The molecular weight excluding hydrogens is 291 g/mol. The number of nitrogen functional groups attached to an aromatic ring is 2. The van der Waals surface area contributed by atoms with E-state index in [1.54, 1.807) is 24.3 Å². The van der Waals surface area contributed by atoms with E-state index in [9.17, 15) is 0 Å². The number of benzene rings is 2. The summed E-state index contributed by atoms with van der Waals surface area (Å²) in [6, 6.07) is 8.78. The second-order valence-electron chi connectivity index (χ2n) is 3.99. The van der Waals surface area contributed by atoms with Crippen LogP contribution in [-0.4, -0.2) is 0 Å². The Hall–Kier alpha value is -1.09. The van der Waals surface area contributed by atoms with E-state index in [-0.39, 0.29) is 0 Å². The molecule has 18 heavy (non-hydrogen) atoms. The van der Waals surface area contributed by atoms with Crippen molar-refractivity contribution in [2.24, 2.45) is 0 Å². The first kappa shape index (κ1) is 13.3. The summed E-state index contributed by atoms with van der Waals surface area (Å²) in [4.78, 5) is 0. The molecule has 0 fully saturated rings. The summed E-state index contributed by atoms with van der Waals surface area (Å²) in [5.74, 6) is 0. The highest BCUT2D eigenvalue weighted by atomic mass is 35.5. The molecule has 2 aromatic carbocycles. The first-order valence-corrected chi connectivity index (χ1v) is 6.38.